The first-order chi connectivity index (χ1) is 7.22. The number of esters is 1. The molecule has 1 aliphatic carbocycles. The van der Waals surface area contributed by atoms with Crippen molar-refractivity contribution in [3.8, 4) is 0 Å². The maximum atomic E-state index is 11.2. The van der Waals surface area contributed by atoms with Crippen molar-refractivity contribution in [2.24, 2.45) is 0 Å². The van der Waals surface area contributed by atoms with Gasteiger partial charge in [0.05, 0.1) is 12.3 Å². The Hall–Kier alpha value is -0.940. The van der Waals surface area contributed by atoms with E-state index in [2.05, 4.69) is 4.98 Å². The van der Waals surface area contributed by atoms with E-state index in [0.29, 0.717) is 10.9 Å². The molecular weight excluding hydrogens is 214 g/mol. The van der Waals surface area contributed by atoms with Crippen molar-refractivity contribution in [3.05, 3.63) is 16.1 Å². The molecule has 1 aromatic rings. The van der Waals surface area contributed by atoms with Gasteiger partial charge in [-0.25, -0.2) is 9.78 Å². The highest BCUT2D eigenvalue weighted by molar-refractivity contribution is 7.09. The standard InChI is InChI=1S/C10H13NO3S/c1-2-14-10(13)8(12)9-11-7(5-15-9)6-3-4-6/h5-6,8,12H,2-4H2,1H3. The van der Waals surface area contributed by atoms with E-state index in [9.17, 15) is 9.90 Å². The normalized spacial score (nSPS) is 17.5. The molecule has 0 aliphatic heterocycles. The Balaban J connectivity index is 2.04. The minimum atomic E-state index is -1.22. The van der Waals surface area contributed by atoms with E-state index in [1.807, 2.05) is 5.38 Å². The second kappa shape index (κ2) is 4.28. The molecule has 0 bridgehead atoms. The molecule has 0 amide bonds. The lowest BCUT2D eigenvalue weighted by Gasteiger charge is -2.05. The fourth-order valence-electron chi connectivity index (χ4n) is 1.31. The number of carbonyl (C=O) groups is 1. The van der Waals surface area contributed by atoms with Crippen LogP contribution in [0.1, 0.15) is 42.5 Å². The predicted molar refractivity (Wildman–Crippen MR) is 55.7 cm³/mol. The number of rotatable bonds is 4. The van der Waals surface area contributed by atoms with Gasteiger partial charge in [-0.05, 0) is 19.8 Å². The van der Waals surface area contributed by atoms with Crippen LogP contribution >= 0.6 is 11.3 Å². The Morgan fingerprint density at radius 3 is 3.13 bits per heavy atom. The number of aromatic nitrogens is 1. The third-order valence-electron chi connectivity index (χ3n) is 2.28. The predicted octanol–water partition coefficient (Wildman–Crippen LogP) is 1.62. The minimum Gasteiger partial charge on any atom is -0.464 e. The number of hydrogen-bond donors (Lipinski definition) is 1. The second-order valence-corrected chi connectivity index (χ2v) is 4.43. The van der Waals surface area contributed by atoms with Gasteiger partial charge in [-0.1, -0.05) is 0 Å². The molecule has 1 saturated carbocycles. The highest BCUT2D eigenvalue weighted by atomic mass is 32.1. The van der Waals surface area contributed by atoms with Crippen molar-refractivity contribution < 1.29 is 14.6 Å². The van der Waals surface area contributed by atoms with Crippen LogP contribution < -0.4 is 0 Å². The van der Waals surface area contributed by atoms with E-state index >= 15 is 0 Å². The second-order valence-electron chi connectivity index (χ2n) is 3.54. The first-order valence-corrected chi connectivity index (χ1v) is 5.90. The molecule has 1 heterocycles. The van der Waals surface area contributed by atoms with Gasteiger partial charge in [-0.15, -0.1) is 11.3 Å². The van der Waals surface area contributed by atoms with Crippen LogP contribution in [0, 0.1) is 0 Å². The molecule has 1 unspecified atom stereocenters. The summed E-state index contributed by atoms with van der Waals surface area (Å²) in [5, 5.41) is 12.0. The number of ether oxygens (including phenoxy) is 1. The van der Waals surface area contributed by atoms with Crippen LogP contribution in [0.15, 0.2) is 5.38 Å². The molecular formula is C10H13NO3S. The van der Waals surface area contributed by atoms with Crippen LogP contribution in [0.5, 0.6) is 0 Å². The largest absolute Gasteiger partial charge is 0.464 e. The van der Waals surface area contributed by atoms with Gasteiger partial charge in [0, 0.05) is 11.3 Å². The van der Waals surface area contributed by atoms with Crippen molar-refractivity contribution in [1.82, 2.24) is 4.98 Å². The molecule has 0 radical (unpaired) electrons. The molecule has 0 saturated heterocycles. The van der Waals surface area contributed by atoms with Crippen molar-refractivity contribution >= 4 is 17.3 Å². The molecule has 0 spiro atoms. The molecule has 5 heteroatoms. The summed E-state index contributed by atoms with van der Waals surface area (Å²) in [6, 6.07) is 0. The van der Waals surface area contributed by atoms with Crippen molar-refractivity contribution in [2.45, 2.75) is 31.8 Å². The van der Waals surface area contributed by atoms with Crippen LogP contribution in [0.3, 0.4) is 0 Å². The van der Waals surface area contributed by atoms with E-state index < -0.39 is 12.1 Å². The first-order valence-electron chi connectivity index (χ1n) is 5.02. The fraction of sp³-hybridized carbons (Fsp3) is 0.600. The molecule has 2 rings (SSSR count). The van der Waals surface area contributed by atoms with Gasteiger partial charge in [0.1, 0.15) is 5.01 Å². The number of nitrogens with zero attached hydrogens (tertiary/aromatic N) is 1. The summed E-state index contributed by atoms with van der Waals surface area (Å²) in [4.78, 5) is 15.5. The Labute approximate surface area is 91.9 Å². The molecule has 1 aliphatic rings. The summed E-state index contributed by atoms with van der Waals surface area (Å²) in [6.45, 7) is 1.98. The number of carbonyl (C=O) groups excluding carboxylic acids is 1. The molecule has 15 heavy (non-hydrogen) atoms. The van der Waals surface area contributed by atoms with Crippen LogP contribution in [0.2, 0.25) is 0 Å². The van der Waals surface area contributed by atoms with E-state index in [4.69, 9.17) is 4.74 Å². The minimum absolute atomic E-state index is 0.275. The smallest absolute Gasteiger partial charge is 0.342 e. The lowest BCUT2D eigenvalue weighted by Crippen LogP contribution is -2.15. The van der Waals surface area contributed by atoms with Crippen LogP contribution in [-0.2, 0) is 9.53 Å². The Kier molecular flexibility index (Phi) is 3.02. The SMILES string of the molecule is CCOC(=O)C(O)c1nc(C2CC2)cs1. The average molecular weight is 227 g/mol. The maximum absolute atomic E-state index is 11.2. The lowest BCUT2D eigenvalue weighted by atomic mass is 10.3. The average Bonchev–Trinajstić information content (AvgIpc) is 2.96. The van der Waals surface area contributed by atoms with E-state index in [1.54, 1.807) is 6.92 Å². The van der Waals surface area contributed by atoms with Crippen LogP contribution in [0.25, 0.3) is 0 Å². The van der Waals surface area contributed by atoms with Gasteiger partial charge in [0.25, 0.3) is 0 Å². The lowest BCUT2D eigenvalue weighted by molar-refractivity contribution is -0.153. The number of thiazole rings is 1. The van der Waals surface area contributed by atoms with Crippen molar-refractivity contribution in [2.75, 3.05) is 6.61 Å². The van der Waals surface area contributed by atoms with E-state index in [0.717, 1.165) is 5.69 Å². The highest BCUT2D eigenvalue weighted by Crippen LogP contribution is 2.40. The van der Waals surface area contributed by atoms with Crippen molar-refractivity contribution in [3.63, 3.8) is 0 Å². The molecule has 4 nitrogen and oxygen atoms in total. The quantitative estimate of drug-likeness (QED) is 0.794. The monoisotopic (exact) mass is 227 g/mol. The molecule has 1 atom stereocenters. The molecule has 82 valence electrons. The van der Waals surface area contributed by atoms with Crippen LogP contribution in [-0.4, -0.2) is 22.7 Å². The zero-order valence-corrected chi connectivity index (χ0v) is 9.29. The zero-order valence-electron chi connectivity index (χ0n) is 8.47. The van der Waals surface area contributed by atoms with Gasteiger partial charge in [0.2, 0.25) is 6.10 Å². The summed E-state index contributed by atoms with van der Waals surface area (Å²) in [7, 11) is 0. The summed E-state index contributed by atoms with van der Waals surface area (Å²) in [6.07, 6.45) is 1.11. The third-order valence-corrected chi connectivity index (χ3v) is 3.19. The van der Waals surface area contributed by atoms with Gasteiger partial charge < -0.3 is 9.84 Å². The van der Waals surface area contributed by atoms with Gasteiger partial charge in [0.15, 0.2) is 0 Å². The number of hydrogen-bond acceptors (Lipinski definition) is 5. The number of aliphatic hydroxyl groups is 1. The summed E-state index contributed by atoms with van der Waals surface area (Å²) in [5.41, 5.74) is 0.998. The van der Waals surface area contributed by atoms with E-state index in [-0.39, 0.29) is 6.61 Å². The van der Waals surface area contributed by atoms with Crippen LogP contribution in [0.4, 0.5) is 0 Å². The Morgan fingerprint density at radius 1 is 1.80 bits per heavy atom. The third kappa shape index (κ3) is 2.35. The molecule has 1 aromatic heterocycles. The highest BCUT2D eigenvalue weighted by Gasteiger charge is 2.28. The summed E-state index contributed by atoms with van der Waals surface area (Å²) in [5.74, 6) is -0.0707. The summed E-state index contributed by atoms with van der Waals surface area (Å²) >= 11 is 1.32. The zero-order chi connectivity index (χ0) is 10.8. The van der Waals surface area contributed by atoms with Crippen molar-refractivity contribution in [1.29, 1.82) is 0 Å². The molecule has 1 fully saturated rings. The summed E-state index contributed by atoms with van der Waals surface area (Å²) < 4.78 is 4.72. The Morgan fingerprint density at radius 2 is 2.53 bits per heavy atom. The molecule has 0 aromatic carbocycles. The van der Waals surface area contributed by atoms with Gasteiger partial charge in [-0.2, -0.15) is 0 Å². The number of aliphatic hydroxyl groups excluding tert-OH is 1. The molecule has 1 N–H and O–H groups in total. The fourth-order valence-corrected chi connectivity index (χ4v) is 2.18. The topological polar surface area (TPSA) is 59.4 Å². The van der Waals surface area contributed by atoms with Gasteiger partial charge >= 0.3 is 5.97 Å². The maximum Gasteiger partial charge on any atom is 0.342 e. The van der Waals surface area contributed by atoms with Gasteiger partial charge in [-0.3, -0.25) is 0 Å². The Bertz CT molecular complexity index is 359. The first kappa shape index (κ1) is 10.6. The van der Waals surface area contributed by atoms with E-state index in [1.165, 1.54) is 24.2 Å².